The smallest absolute Gasteiger partial charge is 0.265 e. The second-order valence-electron chi connectivity index (χ2n) is 7.35. The maximum Gasteiger partial charge on any atom is 0.265 e. The monoisotopic (exact) mass is 385 g/mol. The van der Waals surface area contributed by atoms with Gasteiger partial charge in [0.05, 0.1) is 5.69 Å². The number of amides is 3. The summed E-state index contributed by atoms with van der Waals surface area (Å²) < 4.78 is 5.45. The first-order valence-electron chi connectivity index (χ1n) is 9.69. The fourth-order valence-electron chi connectivity index (χ4n) is 3.36. The van der Waals surface area contributed by atoms with Crippen molar-refractivity contribution in [1.29, 1.82) is 0 Å². The van der Waals surface area contributed by atoms with Crippen molar-refractivity contribution >= 4 is 23.4 Å². The van der Waals surface area contributed by atoms with Crippen molar-refractivity contribution in [1.82, 2.24) is 10.2 Å². The molecule has 0 spiro atoms. The van der Waals surface area contributed by atoms with Gasteiger partial charge < -0.3 is 15.0 Å². The van der Waals surface area contributed by atoms with Gasteiger partial charge in [-0.3, -0.25) is 19.3 Å². The second kappa shape index (κ2) is 8.91. The highest BCUT2D eigenvalue weighted by Crippen LogP contribution is 2.33. The van der Waals surface area contributed by atoms with E-state index in [-0.39, 0.29) is 30.9 Å². The van der Waals surface area contributed by atoms with Gasteiger partial charge in [0, 0.05) is 26.2 Å². The van der Waals surface area contributed by atoms with Gasteiger partial charge in [-0.15, -0.1) is 0 Å². The molecule has 2 aliphatic rings. The van der Waals surface area contributed by atoms with E-state index in [1.165, 1.54) is 28.2 Å². The number of carbonyl (C=O) groups excluding carboxylic acids is 3. The summed E-state index contributed by atoms with van der Waals surface area (Å²) in [5, 5.41) is 2.94. The first-order valence-corrected chi connectivity index (χ1v) is 9.69. The molecule has 1 N–H and O–H groups in total. The molecule has 1 aliphatic carbocycles. The van der Waals surface area contributed by atoms with Crippen molar-refractivity contribution in [3.63, 3.8) is 0 Å². The highest BCUT2D eigenvalue weighted by atomic mass is 16.5. The molecule has 3 rings (SSSR count). The molecule has 3 amide bonds. The van der Waals surface area contributed by atoms with E-state index in [1.54, 1.807) is 32.3 Å². The number of hydrogen-bond acceptors (Lipinski definition) is 4. The molecule has 0 aromatic heterocycles. The van der Waals surface area contributed by atoms with E-state index >= 15 is 0 Å². The number of nitrogens with one attached hydrogen (secondary N) is 1. The van der Waals surface area contributed by atoms with E-state index < -0.39 is 0 Å². The van der Waals surface area contributed by atoms with E-state index in [0.717, 1.165) is 19.3 Å². The Kier molecular flexibility index (Phi) is 6.34. The fourth-order valence-corrected chi connectivity index (χ4v) is 3.36. The summed E-state index contributed by atoms with van der Waals surface area (Å²) in [6, 6.07) is 4.97. The van der Waals surface area contributed by atoms with Crippen LogP contribution in [0, 0.1) is 0 Å². The van der Waals surface area contributed by atoms with Crippen LogP contribution in [-0.4, -0.2) is 56.4 Å². The summed E-state index contributed by atoms with van der Waals surface area (Å²) in [4.78, 5) is 39.7. The van der Waals surface area contributed by atoms with Gasteiger partial charge in [-0.25, -0.2) is 0 Å². The highest BCUT2D eigenvalue weighted by molar-refractivity contribution is 6.04. The van der Waals surface area contributed by atoms with Crippen molar-refractivity contribution in [2.75, 3.05) is 38.7 Å². The standard InChI is InChI=1S/C21H27N3O4/c1-23(2)19(25)13-24-17-12-16(8-9-18(17)28-14-20(24)26)21(27)22-11-10-15-6-4-3-5-7-15/h6,8-9,12H,3-5,7,10-11,13-14H2,1-2H3,(H,22,27). The number of benzene rings is 1. The van der Waals surface area contributed by atoms with Crippen LogP contribution < -0.4 is 15.0 Å². The Bertz CT molecular complexity index is 801. The zero-order valence-electron chi connectivity index (χ0n) is 16.5. The van der Waals surface area contributed by atoms with Gasteiger partial charge in [-0.05, 0) is 50.3 Å². The molecule has 0 saturated carbocycles. The number of nitrogens with zero attached hydrogens (tertiary/aromatic N) is 2. The summed E-state index contributed by atoms with van der Waals surface area (Å²) in [6.45, 7) is 0.385. The van der Waals surface area contributed by atoms with Gasteiger partial charge >= 0.3 is 0 Å². The van der Waals surface area contributed by atoms with Crippen molar-refractivity contribution in [3.05, 3.63) is 35.4 Å². The van der Waals surface area contributed by atoms with E-state index in [1.807, 2.05) is 0 Å². The molecule has 0 bridgehead atoms. The largest absolute Gasteiger partial charge is 0.482 e. The zero-order chi connectivity index (χ0) is 20.1. The Hall–Kier alpha value is -2.83. The summed E-state index contributed by atoms with van der Waals surface area (Å²) in [6.07, 6.45) is 7.85. The third kappa shape index (κ3) is 4.71. The number of ether oxygens (including phenoxy) is 1. The Labute approximate surface area is 165 Å². The van der Waals surface area contributed by atoms with Crippen molar-refractivity contribution in [3.8, 4) is 5.75 Å². The molecule has 1 aromatic carbocycles. The molecule has 1 heterocycles. The number of rotatable bonds is 6. The van der Waals surface area contributed by atoms with E-state index in [4.69, 9.17) is 4.74 Å². The molecule has 1 aliphatic heterocycles. The van der Waals surface area contributed by atoms with Crippen LogP contribution in [-0.2, 0) is 9.59 Å². The summed E-state index contributed by atoms with van der Waals surface area (Å²) >= 11 is 0. The number of fused-ring (bicyclic) bond motifs is 1. The van der Waals surface area contributed by atoms with E-state index in [2.05, 4.69) is 11.4 Å². The van der Waals surface area contributed by atoms with E-state index in [9.17, 15) is 14.4 Å². The predicted octanol–water partition coefficient (Wildman–Crippen LogP) is 2.12. The van der Waals surface area contributed by atoms with Gasteiger partial charge in [-0.1, -0.05) is 11.6 Å². The van der Waals surface area contributed by atoms with Gasteiger partial charge in [0.15, 0.2) is 6.61 Å². The number of carbonyl (C=O) groups is 3. The van der Waals surface area contributed by atoms with Crippen LogP contribution in [0.5, 0.6) is 5.75 Å². The molecule has 0 radical (unpaired) electrons. The first-order chi connectivity index (χ1) is 13.5. The minimum Gasteiger partial charge on any atom is -0.482 e. The molecular weight excluding hydrogens is 358 g/mol. The van der Waals surface area contributed by atoms with Gasteiger partial charge in [0.2, 0.25) is 5.91 Å². The molecule has 0 unspecified atom stereocenters. The molecule has 1 aromatic rings. The lowest BCUT2D eigenvalue weighted by Gasteiger charge is -2.30. The molecular formula is C21H27N3O4. The van der Waals surface area contributed by atoms with Crippen LogP contribution in [0.25, 0.3) is 0 Å². The number of hydrogen-bond donors (Lipinski definition) is 1. The third-order valence-corrected chi connectivity index (χ3v) is 5.07. The van der Waals surface area contributed by atoms with Crippen LogP contribution in [0.15, 0.2) is 29.8 Å². The lowest BCUT2D eigenvalue weighted by atomic mass is 9.97. The molecule has 28 heavy (non-hydrogen) atoms. The van der Waals surface area contributed by atoms with Crippen molar-refractivity contribution in [2.24, 2.45) is 0 Å². The minimum atomic E-state index is -0.301. The molecule has 0 saturated heterocycles. The lowest BCUT2D eigenvalue weighted by Crippen LogP contribution is -2.45. The molecule has 7 heteroatoms. The number of likely N-dealkylation sites (N-methyl/N-ethyl adjacent to an activating group) is 1. The fraction of sp³-hybridized carbons (Fsp3) is 0.476. The van der Waals surface area contributed by atoms with Crippen molar-refractivity contribution < 1.29 is 19.1 Å². The predicted molar refractivity (Wildman–Crippen MR) is 106 cm³/mol. The zero-order valence-corrected chi connectivity index (χ0v) is 16.5. The summed E-state index contributed by atoms with van der Waals surface area (Å²) in [5.41, 5.74) is 2.30. The number of anilines is 1. The maximum absolute atomic E-state index is 12.5. The normalized spacial score (nSPS) is 16.0. The quantitative estimate of drug-likeness (QED) is 0.761. The second-order valence-corrected chi connectivity index (χ2v) is 7.35. The van der Waals surface area contributed by atoms with Crippen LogP contribution in [0.3, 0.4) is 0 Å². The highest BCUT2D eigenvalue weighted by Gasteiger charge is 2.28. The Morgan fingerprint density at radius 2 is 2.07 bits per heavy atom. The minimum absolute atomic E-state index is 0.0819. The van der Waals surface area contributed by atoms with Crippen LogP contribution in [0.4, 0.5) is 5.69 Å². The molecule has 0 fully saturated rings. The average molecular weight is 385 g/mol. The average Bonchev–Trinajstić information content (AvgIpc) is 2.70. The molecule has 7 nitrogen and oxygen atoms in total. The maximum atomic E-state index is 12.5. The van der Waals surface area contributed by atoms with Gasteiger partial charge in [0.1, 0.15) is 12.3 Å². The van der Waals surface area contributed by atoms with Crippen molar-refractivity contribution in [2.45, 2.75) is 32.1 Å². The number of allylic oxidation sites excluding steroid dienone is 1. The Morgan fingerprint density at radius 3 is 2.79 bits per heavy atom. The topological polar surface area (TPSA) is 79.0 Å². The molecule has 150 valence electrons. The Balaban J connectivity index is 1.69. The SMILES string of the molecule is CN(C)C(=O)CN1C(=O)COc2ccc(C(=O)NCCC3=CCCCC3)cc21. The van der Waals surface area contributed by atoms with Crippen LogP contribution >= 0.6 is 0 Å². The summed E-state index contributed by atoms with van der Waals surface area (Å²) in [7, 11) is 3.28. The van der Waals surface area contributed by atoms with Crippen LogP contribution in [0.1, 0.15) is 42.5 Å². The van der Waals surface area contributed by atoms with E-state index in [0.29, 0.717) is 23.5 Å². The molecule has 0 atom stereocenters. The third-order valence-electron chi connectivity index (χ3n) is 5.07. The van der Waals surface area contributed by atoms with Crippen LogP contribution in [0.2, 0.25) is 0 Å². The lowest BCUT2D eigenvalue weighted by molar-refractivity contribution is -0.130. The Morgan fingerprint density at radius 1 is 1.25 bits per heavy atom. The van der Waals surface area contributed by atoms with Gasteiger partial charge in [-0.2, -0.15) is 0 Å². The first kappa shape index (κ1) is 19.9. The summed E-state index contributed by atoms with van der Waals surface area (Å²) in [5.74, 6) is -0.201. The van der Waals surface area contributed by atoms with Gasteiger partial charge in [0.25, 0.3) is 11.8 Å².